The summed E-state index contributed by atoms with van der Waals surface area (Å²) in [6, 6.07) is 0. The topological polar surface area (TPSA) is 76.1 Å². The van der Waals surface area contributed by atoms with Gasteiger partial charge in [0, 0.05) is 31.3 Å². The summed E-state index contributed by atoms with van der Waals surface area (Å²) in [4.78, 5) is 27.5. The van der Waals surface area contributed by atoms with E-state index in [0.717, 1.165) is 58.0 Å². The van der Waals surface area contributed by atoms with Crippen LogP contribution in [-0.4, -0.2) is 60.9 Å². The summed E-state index contributed by atoms with van der Waals surface area (Å²) in [7, 11) is 0. The predicted molar refractivity (Wildman–Crippen MR) is 205 cm³/mol. The number of nitrogens with zero attached hydrogens (tertiary/aromatic N) is 1. The van der Waals surface area contributed by atoms with Crippen LogP contribution in [0, 0.1) is 56.7 Å². The SMILES string of the molecule is C=C(C)[C@@H]1CC[C@]2(COC(=O)CCCCCCCCCC(=O)N3CCOCC3)CC[C@]3(C)[C@H](CC[C@@H]4[C@@]5(C)CC[C@H](O)C(C)(C)[C@@H]5CC[C@]43C)[C@@H]12. The van der Waals surface area contributed by atoms with Crippen LogP contribution in [0.25, 0.3) is 0 Å². The number of allylic oxidation sites excluding steroid dienone is 1. The number of fused-ring (bicyclic) bond motifs is 7. The molecule has 290 valence electrons. The Kier molecular flexibility index (Phi) is 11.9. The maximum Gasteiger partial charge on any atom is 0.305 e. The van der Waals surface area contributed by atoms with Crippen LogP contribution in [-0.2, 0) is 19.1 Å². The number of unbranched alkanes of at least 4 members (excludes halogenated alkanes) is 6. The van der Waals surface area contributed by atoms with Crippen LogP contribution in [0.4, 0.5) is 0 Å². The largest absolute Gasteiger partial charge is 0.465 e. The van der Waals surface area contributed by atoms with Gasteiger partial charge in [0.1, 0.15) is 0 Å². The van der Waals surface area contributed by atoms with E-state index in [0.29, 0.717) is 73.1 Å². The zero-order valence-electron chi connectivity index (χ0n) is 33.7. The molecule has 0 bridgehead atoms. The molecule has 51 heavy (non-hydrogen) atoms. The van der Waals surface area contributed by atoms with E-state index in [4.69, 9.17) is 9.47 Å². The van der Waals surface area contributed by atoms with Gasteiger partial charge in [-0.2, -0.15) is 0 Å². The van der Waals surface area contributed by atoms with Crippen LogP contribution in [0.2, 0.25) is 0 Å². The van der Waals surface area contributed by atoms with Crippen molar-refractivity contribution in [3.63, 3.8) is 0 Å². The zero-order chi connectivity index (χ0) is 36.7. The maximum absolute atomic E-state index is 13.2. The van der Waals surface area contributed by atoms with Crippen molar-refractivity contribution in [2.45, 2.75) is 170 Å². The number of amides is 1. The standard InChI is InChI=1S/C45H75NO5/c1-32(2)33-19-24-45(31-51-39(49)16-14-12-10-8-9-11-13-15-38(48)46-27-29-50-30-28-46)26-25-43(6)34(40(33)45)17-18-36-42(5)22-21-37(47)41(3,4)35(42)20-23-44(36,43)7/h33-37,40,47H,1,8-31H2,2-7H3/t33-,34+,35-,36+,37-,40+,42-,43+,44+,45+/m0/s1. The molecule has 6 aliphatic rings. The van der Waals surface area contributed by atoms with Gasteiger partial charge in [-0.15, -0.1) is 0 Å². The molecule has 5 aliphatic carbocycles. The molecule has 0 spiro atoms. The van der Waals surface area contributed by atoms with Gasteiger partial charge in [0.2, 0.25) is 5.91 Å². The van der Waals surface area contributed by atoms with Crippen molar-refractivity contribution in [2.24, 2.45) is 56.7 Å². The lowest BCUT2D eigenvalue weighted by atomic mass is 9.32. The van der Waals surface area contributed by atoms with Gasteiger partial charge in [-0.3, -0.25) is 9.59 Å². The Morgan fingerprint density at radius 1 is 0.765 bits per heavy atom. The van der Waals surface area contributed by atoms with Gasteiger partial charge in [-0.1, -0.05) is 78.9 Å². The number of ether oxygens (including phenoxy) is 2. The van der Waals surface area contributed by atoms with E-state index < -0.39 is 0 Å². The van der Waals surface area contributed by atoms with E-state index in [1.165, 1.54) is 69.8 Å². The van der Waals surface area contributed by atoms with Gasteiger partial charge in [0.25, 0.3) is 0 Å². The molecule has 1 heterocycles. The fourth-order valence-corrected chi connectivity index (χ4v) is 14.2. The molecule has 10 atom stereocenters. The minimum atomic E-state index is -0.181. The Bertz CT molecular complexity index is 1260. The fraction of sp³-hybridized carbons (Fsp3) is 0.911. The van der Waals surface area contributed by atoms with Gasteiger partial charge in [-0.25, -0.2) is 0 Å². The lowest BCUT2D eigenvalue weighted by Crippen LogP contribution is -2.66. The number of aliphatic hydroxyl groups is 1. The summed E-state index contributed by atoms with van der Waals surface area (Å²) in [5.41, 5.74) is 2.28. The Labute approximate surface area is 311 Å². The van der Waals surface area contributed by atoms with Gasteiger partial charge < -0.3 is 19.5 Å². The highest BCUT2D eigenvalue weighted by Crippen LogP contribution is 2.77. The highest BCUT2D eigenvalue weighted by Gasteiger charge is 2.71. The highest BCUT2D eigenvalue weighted by atomic mass is 16.5. The van der Waals surface area contributed by atoms with Gasteiger partial charge in [-0.05, 0) is 135 Å². The van der Waals surface area contributed by atoms with Crippen LogP contribution in [0.1, 0.15) is 164 Å². The number of carbonyl (C=O) groups excluding carboxylic acids is 2. The average molecular weight is 710 g/mol. The van der Waals surface area contributed by atoms with E-state index in [1.807, 2.05) is 4.90 Å². The molecule has 0 unspecified atom stereocenters. The van der Waals surface area contributed by atoms with Gasteiger partial charge in [0.05, 0.1) is 25.9 Å². The monoisotopic (exact) mass is 710 g/mol. The predicted octanol–water partition coefficient (Wildman–Crippen LogP) is 9.92. The van der Waals surface area contributed by atoms with E-state index in [1.54, 1.807) is 0 Å². The molecule has 0 aromatic carbocycles. The third kappa shape index (κ3) is 7.14. The molecule has 6 fully saturated rings. The third-order valence-corrected chi connectivity index (χ3v) is 17.4. The van der Waals surface area contributed by atoms with Gasteiger partial charge >= 0.3 is 5.97 Å². The van der Waals surface area contributed by atoms with Crippen LogP contribution in [0.3, 0.4) is 0 Å². The quantitative estimate of drug-likeness (QED) is 0.117. The third-order valence-electron chi connectivity index (χ3n) is 17.4. The second-order valence-corrected chi connectivity index (χ2v) is 20.1. The first-order valence-electron chi connectivity index (χ1n) is 21.5. The number of aliphatic hydroxyl groups excluding tert-OH is 1. The number of carbonyl (C=O) groups is 2. The first-order valence-corrected chi connectivity index (χ1v) is 21.5. The highest BCUT2D eigenvalue weighted by molar-refractivity contribution is 5.76. The number of morpholine rings is 1. The van der Waals surface area contributed by atoms with Crippen molar-refractivity contribution < 1.29 is 24.2 Å². The number of rotatable bonds is 13. The van der Waals surface area contributed by atoms with Crippen molar-refractivity contribution in [3.05, 3.63) is 12.2 Å². The van der Waals surface area contributed by atoms with Crippen LogP contribution < -0.4 is 0 Å². The van der Waals surface area contributed by atoms with E-state index in [2.05, 4.69) is 48.1 Å². The number of hydrogen-bond donors (Lipinski definition) is 1. The Balaban J connectivity index is 1.00. The summed E-state index contributed by atoms with van der Waals surface area (Å²) in [6.07, 6.45) is 20.6. The number of hydrogen-bond acceptors (Lipinski definition) is 5. The molecular weight excluding hydrogens is 634 g/mol. The summed E-state index contributed by atoms with van der Waals surface area (Å²) in [6.45, 7) is 22.9. The Morgan fingerprint density at radius 3 is 2.12 bits per heavy atom. The van der Waals surface area contributed by atoms with E-state index in [9.17, 15) is 14.7 Å². The van der Waals surface area contributed by atoms with Crippen molar-refractivity contribution in [2.75, 3.05) is 32.9 Å². The second-order valence-electron chi connectivity index (χ2n) is 20.1. The molecular formula is C45H75NO5. The molecule has 0 aromatic rings. The van der Waals surface area contributed by atoms with Crippen LogP contribution in [0.5, 0.6) is 0 Å². The Morgan fingerprint density at radius 2 is 1.43 bits per heavy atom. The van der Waals surface area contributed by atoms with Crippen LogP contribution in [0.15, 0.2) is 12.2 Å². The maximum atomic E-state index is 13.2. The molecule has 1 saturated heterocycles. The Hall–Kier alpha value is -1.40. The second kappa shape index (κ2) is 15.4. The summed E-state index contributed by atoms with van der Waals surface area (Å²) in [5, 5.41) is 11.1. The molecule has 6 heteroatoms. The minimum Gasteiger partial charge on any atom is -0.465 e. The van der Waals surface area contributed by atoms with E-state index >= 15 is 0 Å². The fourth-order valence-electron chi connectivity index (χ4n) is 14.2. The number of esters is 1. The molecule has 6 nitrogen and oxygen atoms in total. The molecule has 1 N–H and O–H groups in total. The molecule has 0 aromatic heterocycles. The van der Waals surface area contributed by atoms with E-state index in [-0.39, 0.29) is 34.2 Å². The normalized spacial score (nSPS) is 41.5. The molecule has 1 amide bonds. The van der Waals surface area contributed by atoms with Crippen molar-refractivity contribution in [3.8, 4) is 0 Å². The lowest BCUT2D eigenvalue weighted by Gasteiger charge is -2.73. The first-order chi connectivity index (χ1) is 24.2. The molecule has 1 aliphatic heterocycles. The molecule has 5 saturated carbocycles. The zero-order valence-corrected chi connectivity index (χ0v) is 33.7. The van der Waals surface area contributed by atoms with Crippen molar-refractivity contribution in [1.29, 1.82) is 0 Å². The summed E-state index contributed by atoms with van der Waals surface area (Å²) in [5.74, 6) is 3.31. The molecule has 0 radical (unpaired) electrons. The van der Waals surface area contributed by atoms with Crippen molar-refractivity contribution in [1.82, 2.24) is 4.90 Å². The lowest BCUT2D eigenvalue weighted by molar-refractivity contribution is -0.250. The van der Waals surface area contributed by atoms with Crippen LogP contribution >= 0.6 is 0 Å². The first kappa shape index (κ1) is 39.3. The minimum absolute atomic E-state index is 0.000813. The van der Waals surface area contributed by atoms with Crippen molar-refractivity contribution >= 4 is 11.9 Å². The average Bonchev–Trinajstić information content (AvgIpc) is 3.49. The molecule has 6 rings (SSSR count). The summed E-state index contributed by atoms with van der Waals surface area (Å²) >= 11 is 0. The smallest absolute Gasteiger partial charge is 0.305 e. The van der Waals surface area contributed by atoms with Gasteiger partial charge in [0.15, 0.2) is 0 Å². The summed E-state index contributed by atoms with van der Waals surface area (Å²) < 4.78 is 11.6.